The van der Waals surface area contributed by atoms with Crippen LogP contribution in [0.15, 0.2) is 6.07 Å². The molecule has 0 aliphatic rings. The lowest BCUT2D eigenvalue weighted by molar-refractivity contribution is 0.892. The molecule has 13 heavy (non-hydrogen) atoms. The van der Waals surface area contributed by atoms with Gasteiger partial charge in [0.1, 0.15) is 16.6 Å². The average Bonchev–Trinajstić information content (AvgIpc) is 2.32. The molecule has 0 aromatic carbocycles. The van der Waals surface area contributed by atoms with E-state index in [1.807, 2.05) is 31.5 Å². The summed E-state index contributed by atoms with van der Waals surface area (Å²) in [6.07, 6.45) is 0. The molecule has 0 N–H and O–H groups in total. The fourth-order valence-corrected chi connectivity index (χ4v) is 1.65. The zero-order chi connectivity index (χ0) is 9.59. The van der Waals surface area contributed by atoms with Gasteiger partial charge in [0.05, 0.1) is 5.39 Å². The summed E-state index contributed by atoms with van der Waals surface area (Å²) in [5.74, 6) is 0.707. The van der Waals surface area contributed by atoms with Gasteiger partial charge in [0, 0.05) is 12.7 Å². The van der Waals surface area contributed by atoms with Crippen LogP contribution in [0.25, 0.3) is 11.0 Å². The number of aryl methyl sites for hydroxylation is 3. The molecule has 2 aromatic heterocycles. The van der Waals surface area contributed by atoms with Gasteiger partial charge < -0.3 is 4.57 Å². The maximum absolute atomic E-state index is 5.98. The molecule has 0 atom stereocenters. The molecule has 0 saturated carbocycles. The standard InChI is InChI=1S/C9H10ClN3/c1-5-4-7-8(10)11-6(2)12-9(7)13(5)3/h4H,1-3H3. The highest BCUT2D eigenvalue weighted by molar-refractivity contribution is 6.34. The Labute approximate surface area is 81.4 Å². The largest absolute Gasteiger partial charge is 0.333 e. The zero-order valence-corrected chi connectivity index (χ0v) is 8.55. The van der Waals surface area contributed by atoms with E-state index >= 15 is 0 Å². The Kier molecular flexibility index (Phi) is 1.77. The van der Waals surface area contributed by atoms with Crippen molar-refractivity contribution in [1.82, 2.24) is 14.5 Å². The van der Waals surface area contributed by atoms with Crippen LogP contribution in [0.5, 0.6) is 0 Å². The molecule has 2 heterocycles. The van der Waals surface area contributed by atoms with Crippen molar-refractivity contribution < 1.29 is 0 Å². The van der Waals surface area contributed by atoms with Crippen LogP contribution in [0.1, 0.15) is 11.5 Å². The summed E-state index contributed by atoms with van der Waals surface area (Å²) in [4.78, 5) is 8.42. The first-order chi connectivity index (χ1) is 6.09. The molecular formula is C9H10ClN3. The maximum Gasteiger partial charge on any atom is 0.145 e. The Balaban J connectivity index is 2.94. The summed E-state index contributed by atoms with van der Waals surface area (Å²) in [6.45, 7) is 3.86. The number of aromatic nitrogens is 3. The van der Waals surface area contributed by atoms with Gasteiger partial charge in [-0.2, -0.15) is 0 Å². The third-order valence-electron chi connectivity index (χ3n) is 2.19. The van der Waals surface area contributed by atoms with Crippen molar-refractivity contribution >= 4 is 22.6 Å². The third-order valence-corrected chi connectivity index (χ3v) is 2.48. The predicted octanol–water partition coefficient (Wildman–Crippen LogP) is 2.24. The SMILES string of the molecule is Cc1nc(Cl)c2cc(C)n(C)c2n1. The lowest BCUT2D eigenvalue weighted by atomic mass is 10.4. The van der Waals surface area contributed by atoms with Crippen molar-refractivity contribution in [2.45, 2.75) is 13.8 Å². The van der Waals surface area contributed by atoms with E-state index in [9.17, 15) is 0 Å². The summed E-state index contributed by atoms with van der Waals surface area (Å²) in [5, 5.41) is 1.46. The Morgan fingerprint density at radius 3 is 2.69 bits per heavy atom. The van der Waals surface area contributed by atoms with Crippen LogP contribution in [-0.2, 0) is 7.05 Å². The zero-order valence-electron chi connectivity index (χ0n) is 7.80. The predicted molar refractivity (Wildman–Crippen MR) is 53.0 cm³/mol. The van der Waals surface area contributed by atoms with Crippen LogP contribution in [0.2, 0.25) is 5.15 Å². The number of nitrogens with zero attached hydrogens (tertiary/aromatic N) is 3. The van der Waals surface area contributed by atoms with Gasteiger partial charge >= 0.3 is 0 Å². The fraction of sp³-hybridized carbons (Fsp3) is 0.333. The van der Waals surface area contributed by atoms with Crippen molar-refractivity contribution in [2.24, 2.45) is 7.05 Å². The number of hydrogen-bond acceptors (Lipinski definition) is 2. The van der Waals surface area contributed by atoms with E-state index in [-0.39, 0.29) is 0 Å². The van der Waals surface area contributed by atoms with E-state index in [0.717, 1.165) is 16.7 Å². The van der Waals surface area contributed by atoms with Crippen molar-refractivity contribution in [3.8, 4) is 0 Å². The maximum atomic E-state index is 5.98. The number of fused-ring (bicyclic) bond motifs is 1. The van der Waals surface area contributed by atoms with Crippen LogP contribution in [0.4, 0.5) is 0 Å². The van der Waals surface area contributed by atoms with Gasteiger partial charge in [-0.05, 0) is 19.9 Å². The minimum Gasteiger partial charge on any atom is -0.333 e. The summed E-state index contributed by atoms with van der Waals surface area (Å²) in [6, 6.07) is 2.00. The Hall–Kier alpha value is -1.09. The normalized spacial score (nSPS) is 11.1. The van der Waals surface area contributed by atoms with Gasteiger partial charge in [-0.1, -0.05) is 11.6 Å². The molecule has 3 nitrogen and oxygen atoms in total. The van der Waals surface area contributed by atoms with Crippen molar-refractivity contribution in [3.63, 3.8) is 0 Å². The first kappa shape index (κ1) is 8.51. The van der Waals surface area contributed by atoms with Crippen LogP contribution >= 0.6 is 11.6 Å². The van der Waals surface area contributed by atoms with E-state index in [0.29, 0.717) is 11.0 Å². The lowest BCUT2D eigenvalue weighted by Gasteiger charge is -1.99. The van der Waals surface area contributed by atoms with Gasteiger partial charge in [0.2, 0.25) is 0 Å². The van der Waals surface area contributed by atoms with Gasteiger partial charge in [-0.3, -0.25) is 0 Å². The lowest BCUT2D eigenvalue weighted by Crippen LogP contribution is -1.95. The number of hydrogen-bond donors (Lipinski definition) is 0. The van der Waals surface area contributed by atoms with Crippen LogP contribution in [0, 0.1) is 13.8 Å². The van der Waals surface area contributed by atoms with E-state index in [1.54, 1.807) is 0 Å². The molecule has 0 aliphatic heterocycles. The number of halogens is 1. The van der Waals surface area contributed by atoms with E-state index in [2.05, 4.69) is 9.97 Å². The van der Waals surface area contributed by atoms with Gasteiger partial charge in [0.25, 0.3) is 0 Å². The highest BCUT2D eigenvalue weighted by Crippen LogP contribution is 2.22. The van der Waals surface area contributed by atoms with Crippen molar-refractivity contribution in [2.75, 3.05) is 0 Å². The van der Waals surface area contributed by atoms with Crippen LogP contribution in [-0.4, -0.2) is 14.5 Å². The molecule has 0 fully saturated rings. The van der Waals surface area contributed by atoms with Crippen LogP contribution in [0.3, 0.4) is 0 Å². The topological polar surface area (TPSA) is 30.7 Å². The second kappa shape index (κ2) is 2.70. The molecular weight excluding hydrogens is 186 g/mol. The highest BCUT2D eigenvalue weighted by Gasteiger charge is 2.08. The smallest absolute Gasteiger partial charge is 0.145 e. The molecule has 4 heteroatoms. The van der Waals surface area contributed by atoms with Gasteiger partial charge in [-0.25, -0.2) is 9.97 Å². The molecule has 68 valence electrons. The number of rotatable bonds is 0. The monoisotopic (exact) mass is 195 g/mol. The van der Waals surface area contributed by atoms with Crippen LogP contribution < -0.4 is 0 Å². The molecule has 0 radical (unpaired) electrons. The molecule has 0 amide bonds. The minimum absolute atomic E-state index is 0.534. The van der Waals surface area contributed by atoms with Crippen molar-refractivity contribution in [3.05, 3.63) is 22.7 Å². The Morgan fingerprint density at radius 2 is 2.00 bits per heavy atom. The summed E-state index contributed by atoms with van der Waals surface area (Å²) in [7, 11) is 1.97. The second-order valence-corrected chi connectivity index (χ2v) is 3.50. The van der Waals surface area contributed by atoms with Gasteiger partial charge in [0.15, 0.2) is 0 Å². The highest BCUT2D eigenvalue weighted by atomic mass is 35.5. The Morgan fingerprint density at radius 1 is 1.31 bits per heavy atom. The van der Waals surface area contributed by atoms with Crippen molar-refractivity contribution in [1.29, 1.82) is 0 Å². The molecule has 0 spiro atoms. The molecule has 0 saturated heterocycles. The minimum atomic E-state index is 0.534. The van der Waals surface area contributed by atoms with E-state index in [1.165, 1.54) is 0 Å². The summed E-state index contributed by atoms with van der Waals surface area (Å²) in [5.41, 5.74) is 2.03. The third kappa shape index (κ3) is 1.20. The molecule has 0 aliphatic carbocycles. The Bertz CT molecular complexity index is 473. The fourth-order valence-electron chi connectivity index (χ4n) is 1.39. The van der Waals surface area contributed by atoms with E-state index < -0.39 is 0 Å². The molecule has 2 aromatic rings. The first-order valence-electron chi connectivity index (χ1n) is 4.06. The average molecular weight is 196 g/mol. The molecule has 0 bridgehead atoms. The van der Waals surface area contributed by atoms with E-state index in [4.69, 9.17) is 11.6 Å². The summed E-state index contributed by atoms with van der Waals surface area (Å²) < 4.78 is 2.01. The molecule has 2 rings (SSSR count). The second-order valence-electron chi connectivity index (χ2n) is 3.14. The first-order valence-corrected chi connectivity index (χ1v) is 4.43. The summed E-state index contributed by atoms with van der Waals surface area (Å²) >= 11 is 5.98. The molecule has 0 unspecified atom stereocenters. The quantitative estimate of drug-likeness (QED) is 0.604. The van der Waals surface area contributed by atoms with Gasteiger partial charge in [-0.15, -0.1) is 0 Å².